The first-order valence-electron chi connectivity index (χ1n) is 12.1. The van der Waals surface area contributed by atoms with E-state index in [-0.39, 0.29) is 29.0 Å². The lowest BCUT2D eigenvalue weighted by molar-refractivity contribution is -0.114. The predicted octanol–water partition coefficient (Wildman–Crippen LogP) is 1.53. The van der Waals surface area contributed by atoms with E-state index in [1.165, 1.54) is 19.5 Å². The summed E-state index contributed by atoms with van der Waals surface area (Å²) in [5.41, 5.74) is 20.1. The quantitative estimate of drug-likeness (QED) is 0.297. The second-order valence-corrected chi connectivity index (χ2v) is 9.33. The molecule has 0 radical (unpaired) electrons. The third-order valence-electron chi connectivity index (χ3n) is 7.07. The average molecular weight is 483 g/mol. The highest BCUT2D eigenvalue weighted by Gasteiger charge is 2.28. The third kappa shape index (κ3) is 5.32. The molecule has 0 unspecified atom stereocenters. The van der Waals surface area contributed by atoms with Gasteiger partial charge < -0.3 is 31.6 Å². The fraction of sp³-hybridized carbons (Fsp3) is 0.480. The Hall–Kier alpha value is -3.40. The molecule has 0 spiro atoms. The molecule has 1 amide bonds. The molecule has 2 saturated heterocycles. The molecule has 2 fully saturated rings. The molecule has 2 aliphatic heterocycles. The number of halogens is 1. The number of aryl methyl sites for hydroxylation is 1. The van der Waals surface area contributed by atoms with Crippen LogP contribution in [0.4, 0.5) is 4.39 Å². The van der Waals surface area contributed by atoms with E-state index in [1.807, 2.05) is 11.0 Å². The van der Waals surface area contributed by atoms with Gasteiger partial charge in [-0.05, 0) is 63.0 Å². The van der Waals surface area contributed by atoms with Crippen LogP contribution in [0.1, 0.15) is 36.6 Å². The summed E-state index contributed by atoms with van der Waals surface area (Å²) in [4.78, 5) is 25.2. The highest BCUT2D eigenvalue weighted by molar-refractivity contribution is 6.20. The predicted molar refractivity (Wildman–Crippen MR) is 135 cm³/mol. The SMILES string of the molecule is CN=C(N)C(C(N)=O)=C(N)N1CCC(c2nc(-c3ccc(F)c(C)c3)cn2CCN2CCC2)CC1. The summed E-state index contributed by atoms with van der Waals surface area (Å²) >= 11 is 0. The lowest BCUT2D eigenvalue weighted by Gasteiger charge is -2.34. The summed E-state index contributed by atoms with van der Waals surface area (Å²) in [5.74, 6) is 0.678. The minimum atomic E-state index is -0.687. The number of likely N-dealkylation sites (tertiary alicyclic amines) is 2. The van der Waals surface area contributed by atoms with Gasteiger partial charge >= 0.3 is 0 Å². The van der Waals surface area contributed by atoms with Gasteiger partial charge in [0.15, 0.2) is 0 Å². The van der Waals surface area contributed by atoms with E-state index in [0.29, 0.717) is 18.7 Å². The number of hydrogen-bond acceptors (Lipinski definition) is 6. The van der Waals surface area contributed by atoms with Crippen molar-refractivity contribution >= 4 is 11.7 Å². The van der Waals surface area contributed by atoms with Gasteiger partial charge in [-0.1, -0.05) is 0 Å². The van der Waals surface area contributed by atoms with Crippen molar-refractivity contribution < 1.29 is 9.18 Å². The molecule has 0 bridgehead atoms. The zero-order valence-electron chi connectivity index (χ0n) is 20.5. The van der Waals surface area contributed by atoms with Crippen molar-refractivity contribution in [3.8, 4) is 11.3 Å². The summed E-state index contributed by atoms with van der Waals surface area (Å²) in [7, 11) is 1.50. The van der Waals surface area contributed by atoms with Gasteiger partial charge in [0.05, 0.1) is 5.69 Å². The lowest BCUT2D eigenvalue weighted by atomic mass is 9.95. The van der Waals surface area contributed by atoms with Gasteiger partial charge in [-0.2, -0.15) is 0 Å². The van der Waals surface area contributed by atoms with Crippen LogP contribution in [0.5, 0.6) is 0 Å². The number of piperidine rings is 1. The zero-order chi connectivity index (χ0) is 25.1. The largest absolute Gasteiger partial charge is 0.385 e. The summed E-state index contributed by atoms with van der Waals surface area (Å²) < 4.78 is 16.1. The number of rotatable bonds is 8. The highest BCUT2D eigenvalue weighted by atomic mass is 19.1. The lowest BCUT2D eigenvalue weighted by Crippen LogP contribution is -2.41. The number of amidine groups is 1. The van der Waals surface area contributed by atoms with E-state index in [1.54, 1.807) is 13.0 Å². The van der Waals surface area contributed by atoms with Crippen molar-refractivity contribution in [3.63, 3.8) is 0 Å². The number of primary amides is 1. The van der Waals surface area contributed by atoms with Crippen molar-refractivity contribution in [2.75, 3.05) is 39.8 Å². The van der Waals surface area contributed by atoms with Crippen LogP contribution in [-0.4, -0.2) is 70.9 Å². The first-order chi connectivity index (χ1) is 16.8. The number of carbonyl (C=O) groups is 1. The van der Waals surface area contributed by atoms with Crippen molar-refractivity contribution in [1.82, 2.24) is 19.4 Å². The highest BCUT2D eigenvalue weighted by Crippen LogP contribution is 2.31. The second-order valence-electron chi connectivity index (χ2n) is 9.33. The standard InChI is InChI=1S/C25H35FN8O/c1-16-14-18(4-5-19(16)26)20-15-34(13-12-32-8-3-9-32)25(31-20)17-6-10-33(11-7-17)23(28)21(24(29)35)22(27)30-2/h4-5,14-15,17H,3,6-13,28H2,1-2H3,(H2,27,30)(H2,29,35). The van der Waals surface area contributed by atoms with Crippen LogP contribution in [0.2, 0.25) is 0 Å². The molecule has 10 heteroatoms. The van der Waals surface area contributed by atoms with Crippen LogP contribution in [0.15, 0.2) is 40.8 Å². The Labute approximate surface area is 205 Å². The van der Waals surface area contributed by atoms with E-state index in [0.717, 1.165) is 56.1 Å². The van der Waals surface area contributed by atoms with Gasteiger partial charge in [0.2, 0.25) is 0 Å². The van der Waals surface area contributed by atoms with Crippen LogP contribution in [0, 0.1) is 12.7 Å². The smallest absolute Gasteiger partial charge is 0.256 e. The maximum atomic E-state index is 13.8. The number of imidazole rings is 1. The van der Waals surface area contributed by atoms with E-state index in [2.05, 4.69) is 20.7 Å². The molecule has 2 aromatic rings. The number of nitrogens with zero attached hydrogens (tertiary/aromatic N) is 5. The van der Waals surface area contributed by atoms with Gasteiger partial charge in [-0.3, -0.25) is 9.79 Å². The molecule has 0 aliphatic carbocycles. The first-order valence-corrected chi connectivity index (χ1v) is 12.1. The van der Waals surface area contributed by atoms with Crippen LogP contribution in [0.3, 0.4) is 0 Å². The van der Waals surface area contributed by atoms with E-state index in [4.69, 9.17) is 22.2 Å². The van der Waals surface area contributed by atoms with Crippen molar-refractivity contribution in [2.45, 2.75) is 38.6 Å². The number of benzene rings is 1. The fourth-order valence-electron chi connectivity index (χ4n) is 4.76. The minimum absolute atomic E-state index is 0.0397. The molecule has 0 saturated carbocycles. The maximum Gasteiger partial charge on any atom is 0.256 e. The fourth-order valence-corrected chi connectivity index (χ4v) is 4.76. The Bertz CT molecular complexity index is 1140. The summed E-state index contributed by atoms with van der Waals surface area (Å²) in [5, 5.41) is 0. The van der Waals surface area contributed by atoms with Crippen molar-refractivity contribution in [1.29, 1.82) is 0 Å². The average Bonchev–Trinajstić information content (AvgIpc) is 3.23. The van der Waals surface area contributed by atoms with Crippen molar-refractivity contribution in [3.05, 3.63) is 53.0 Å². The Morgan fingerprint density at radius 1 is 1.14 bits per heavy atom. The molecule has 9 nitrogen and oxygen atoms in total. The summed E-state index contributed by atoms with van der Waals surface area (Å²) in [6.45, 7) is 7.19. The van der Waals surface area contributed by atoms with E-state index in [9.17, 15) is 9.18 Å². The molecule has 3 heterocycles. The summed E-state index contributed by atoms with van der Waals surface area (Å²) in [6.07, 6.45) is 4.98. The Balaban J connectivity index is 1.56. The van der Waals surface area contributed by atoms with Crippen molar-refractivity contribution in [2.24, 2.45) is 22.2 Å². The van der Waals surface area contributed by atoms with Crippen LogP contribution in [-0.2, 0) is 11.3 Å². The van der Waals surface area contributed by atoms with E-state index < -0.39 is 5.91 Å². The van der Waals surface area contributed by atoms with Gasteiger partial charge in [0.1, 0.15) is 28.9 Å². The number of hydrogen-bond donors (Lipinski definition) is 3. The van der Waals surface area contributed by atoms with Gasteiger partial charge in [-0.15, -0.1) is 0 Å². The number of carbonyl (C=O) groups excluding carboxylic acids is 1. The normalized spacial score (nSPS) is 18.4. The molecule has 1 aromatic carbocycles. The molecule has 0 atom stereocenters. The Morgan fingerprint density at radius 3 is 2.43 bits per heavy atom. The number of nitrogens with two attached hydrogens (primary N) is 3. The number of aliphatic imine (C=N–C) groups is 1. The molecule has 1 aromatic heterocycles. The molecular weight excluding hydrogens is 447 g/mol. The zero-order valence-corrected chi connectivity index (χ0v) is 20.5. The first kappa shape index (κ1) is 24.7. The van der Waals surface area contributed by atoms with Crippen LogP contribution >= 0.6 is 0 Å². The van der Waals surface area contributed by atoms with Gasteiger partial charge in [0.25, 0.3) is 5.91 Å². The second kappa shape index (κ2) is 10.5. The molecule has 4 rings (SSSR count). The summed E-state index contributed by atoms with van der Waals surface area (Å²) in [6, 6.07) is 5.13. The molecule has 35 heavy (non-hydrogen) atoms. The monoisotopic (exact) mass is 482 g/mol. The van der Waals surface area contributed by atoms with Gasteiger partial charge in [-0.25, -0.2) is 9.37 Å². The van der Waals surface area contributed by atoms with Crippen LogP contribution < -0.4 is 17.2 Å². The Morgan fingerprint density at radius 2 is 1.86 bits per heavy atom. The number of amides is 1. The van der Waals surface area contributed by atoms with E-state index >= 15 is 0 Å². The molecular formula is C25H35FN8O. The Kier molecular flexibility index (Phi) is 7.39. The number of aromatic nitrogens is 2. The topological polar surface area (TPSA) is 132 Å². The molecule has 6 N–H and O–H groups in total. The third-order valence-corrected chi connectivity index (χ3v) is 7.07. The maximum absolute atomic E-state index is 13.8. The molecule has 2 aliphatic rings. The molecule has 188 valence electrons. The minimum Gasteiger partial charge on any atom is -0.385 e. The van der Waals surface area contributed by atoms with Crippen LogP contribution in [0.25, 0.3) is 11.3 Å². The van der Waals surface area contributed by atoms with Gasteiger partial charge in [0, 0.05) is 50.9 Å².